The van der Waals surface area contributed by atoms with Crippen LogP contribution in [0.3, 0.4) is 0 Å². The average Bonchev–Trinajstić information content (AvgIpc) is 3.10. The molecule has 6 heteroatoms. The molecule has 6 nitrogen and oxygen atoms in total. The van der Waals surface area contributed by atoms with Gasteiger partial charge in [0.05, 0.1) is 6.26 Å². The Kier molecular flexibility index (Phi) is 4.33. The summed E-state index contributed by atoms with van der Waals surface area (Å²) in [6.45, 7) is 0.270. The summed E-state index contributed by atoms with van der Waals surface area (Å²) in [6.07, 6.45) is 1.53. The van der Waals surface area contributed by atoms with E-state index in [1.165, 1.54) is 12.3 Å². The van der Waals surface area contributed by atoms with E-state index in [1.807, 2.05) is 30.3 Å². The van der Waals surface area contributed by atoms with Gasteiger partial charge < -0.3 is 9.73 Å². The first kappa shape index (κ1) is 14.8. The van der Waals surface area contributed by atoms with Gasteiger partial charge in [-0.1, -0.05) is 30.3 Å². The van der Waals surface area contributed by atoms with E-state index in [-0.39, 0.29) is 18.0 Å². The van der Waals surface area contributed by atoms with E-state index in [0.717, 1.165) is 10.2 Å². The number of hydrogen-bond acceptors (Lipinski definition) is 4. The number of aromatic nitrogens is 2. The standard InChI is InChI=1S/C17H15N3O3/c21-16(18-11-13-5-2-1-3-6-13)12-20-17(22)9-8-14(19-20)15-7-4-10-23-15/h1-10H,11-12H2,(H,18,21). The number of nitrogens with zero attached hydrogens (tertiary/aromatic N) is 2. The SMILES string of the molecule is O=C(Cn1nc(-c2ccco2)ccc1=O)NCc1ccccc1. The summed E-state index contributed by atoms with van der Waals surface area (Å²) in [5.41, 5.74) is 1.16. The lowest BCUT2D eigenvalue weighted by atomic mass is 10.2. The maximum Gasteiger partial charge on any atom is 0.267 e. The topological polar surface area (TPSA) is 77.1 Å². The van der Waals surface area contributed by atoms with E-state index >= 15 is 0 Å². The molecule has 0 saturated carbocycles. The van der Waals surface area contributed by atoms with Crippen LogP contribution in [0.1, 0.15) is 5.56 Å². The maximum absolute atomic E-state index is 12.0. The molecule has 0 bridgehead atoms. The van der Waals surface area contributed by atoms with Gasteiger partial charge in [-0.15, -0.1) is 0 Å². The molecule has 0 aliphatic heterocycles. The number of carbonyl (C=O) groups is 1. The molecule has 0 fully saturated rings. The van der Waals surface area contributed by atoms with Gasteiger partial charge in [-0.05, 0) is 23.8 Å². The van der Waals surface area contributed by atoms with Gasteiger partial charge in [0.15, 0.2) is 5.76 Å². The highest BCUT2D eigenvalue weighted by atomic mass is 16.3. The van der Waals surface area contributed by atoms with Gasteiger partial charge in [0.1, 0.15) is 12.2 Å². The number of amides is 1. The van der Waals surface area contributed by atoms with Crippen molar-refractivity contribution in [2.45, 2.75) is 13.1 Å². The van der Waals surface area contributed by atoms with Crippen LogP contribution in [0.5, 0.6) is 0 Å². The molecule has 1 amide bonds. The van der Waals surface area contributed by atoms with E-state index in [1.54, 1.807) is 18.2 Å². The second-order valence-corrected chi connectivity index (χ2v) is 4.95. The minimum Gasteiger partial charge on any atom is -0.463 e. The van der Waals surface area contributed by atoms with Gasteiger partial charge in [0.2, 0.25) is 5.91 Å². The van der Waals surface area contributed by atoms with Crippen LogP contribution in [0.15, 0.2) is 70.1 Å². The zero-order valence-electron chi connectivity index (χ0n) is 12.3. The molecule has 0 aliphatic rings. The highest BCUT2D eigenvalue weighted by Crippen LogP contribution is 2.14. The molecule has 116 valence electrons. The molecule has 0 unspecified atom stereocenters. The molecule has 1 N–H and O–H groups in total. The van der Waals surface area contributed by atoms with E-state index in [2.05, 4.69) is 10.4 Å². The molecule has 0 aliphatic carbocycles. The Balaban J connectivity index is 1.68. The van der Waals surface area contributed by atoms with Gasteiger partial charge >= 0.3 is 0 Å². The third kappa shape index (κ3) is 3.74. The van der Waals surface area contributed by atoms with Crippen molar-refractivity contribution in [3.05, 3.63) is 76.8 Å². The predicted molar refractivity (Wildman–Crippen MR) is 84.5 cm³/mol. The van der Waals surface area contributed by atoms with E-state index in [9.17, 15) is 9.59 Å². The summed E-state index contributed by atoms with van der Waals surface area (Å²) in [6, 6.07) is 16.0. The van der Waals surface area contributed by atoms with Crippen molar-refractivity contribution in [2.24, 2.45) is 0 Å². The molecule has 3 aromatic rings. The highest BCUT2D eigenvalue weighted by Gasteiger charge is 2.09. The van der Waals surface area contributed by atoms with Gasteiger partial charge in [-0.3, -0.25) is 9.59 Å². The van der Waals surface area contributed by atoms with Crippen LogP contribution in [0.4, 0.5) is 0 Å². The lowest BCUT2D eigenvalue weighted by molar-refractivity contribution is -0.122. The van der Waals surface area contributed by atoms with Crippen LogP contribution in [-0.2, 0) is 17.9 Å². The molecule has 0 saturated heterocycles. The first-order valence-electron chi connectivity index (χ1n) is 7.15. The van der Waals surface area contributed by atoms with E-state index < -0.39 is 0 Å². The minimum absolute atomic E-state index is 0.139. The van der Waals surface area contributed by atoms with Crippen LogP contribution < -0.4 is 10.9 Å². The summed E-state index contributed by atoms with van der Waals surface area (Å²) < 4.78 is 6.37. The lowest BCUT2D eigenvalue weighted by Gasteiger charge is -2.07. The van der Waals surface area contributed by atoms with Gasteiger partial charge in [0, 0.05) is 12.6 Å². The monoisotopic (exact) mass is 309 g/mol. The van der Waals surface area contributed by atoms with Crippen molar-refractivity contribution in [2.75, 3.05) is 0 Å². The van der Waals surface area contributed by atoms with Crippen LogP contribution >= 0.6 is 0 Å². The second-order valence-electron chi connectivity index (χ2n) is 4.95. The van der Waals surface area contributed by atoms with Crippen molar-refractivity contribution in [3.63, 3.8) is 0 Å². The summed E-state index contributed by atoms with van der Waals surface area (Å²) in [5.74, 6) is 0.267. The van der Waals surface area contributed by atoms with Crippen molar-refractivity contribution in [1.29, 1.82) is 0 Å². The van der Waals surface area contributed by atoms with Crippen molar-refractivity contribution in [1.82, 2.24) is 15.1 Å². The average molecular weight is 309 g/mol. The molecule has 1 aromatic carbocycles. The number of benzene rings is 1. The van der Waals surface area contributed by atoms with Crippen LogP contribution in [0, 0.1) is 0 Å². The van der Waals surface area contributed by atoms with Crippen LogP contribution in [0.2, 0.25) is 0 Å². The third-order valence-corrected chi connectivity index (χ3v) is 3.27. The minimum atomic E-state index is -0.338. The fraction of sp³-hybridized carbons (Fsp3) is 0.118. The molecular formula is C17H15N3O3. The first-order chi connectivity index (χ1) is 11.2. The molecule has 23 heavy (non-hydrogen) atoms. The number of hydrogen-bond donors (Lipinski definition) is 1. The Morgan fingerprint density at radius 2 is 1.91 bits per heavy atom. The number of rotatable bonds is 5. The summed E-state index contributed by atoms with van der Waals surface area (Å²) in [5, 5.41) is 6.93. The molecule has 2 aromatic heterocycles. The Labute approximate surface area is 132 Å². The van der Waals surface area contributed by atoms with E-state index in [4.69, 9.17) is 4.42 Å². The summed E-state index contributed by atoms with van der Waals surface area (Å²) in [7, 11) is 0. The molecule has 0 radical (unpaired) electrons. The largest absolute Gasteiger partial charge is 0.463 e. The molecule has 0 spiro atoms. The predicted octanol–water partition coefficient (Wildman–Crippen LogP) is 1.82. The van der Waals surface area contributed by atoms with Crippen molar-refractivity contribution < 1.29 is 9.21 Å². The summed E-state index contributed by atoms with van der Waals surface area (Å²) in [4.78, 5) is 23.8. The van der Waals surface area contributed by atoms with Crippen molar-refractivity contribution >= 4 is 5.91 Å². The Morgan fingerprint density at radius 3 is 2.65 bits per heavy atom. The quantitative estimate of drug-likeness (QED) is 0.780. The maximum atomic E-state index is 12.0. The molecular weight excluding hydrogens is 294 g/mol. The number of furan rings is 1. The molecule has 2 heterocycles. The van der Waals surface area contributed by atoms with Crippen LogP contribution in [0.25, 0.3) is 11.5 Å². The van der Waals surface area contributed by atoms with Gasteiger partial charge in [0.25, 0.3) is 5.56 Å². The smallest absolute Gasteiger partial charge is 0.267 e. The van der Waals surface area contributed by atoms with Gasteiger partial charge in [-0.2, -0.15) is 5.10 Å². The fourth-order valence-corrected chi connectivity index (χ4v) is 2.11. The van der Waals surface area contributed by atoms with Crippen LogP contribution in [-0.4, -0.2) is 15.7 Å². The summed E-state index contributed by atoms with van der Waals surface area (Å²) >= 11 is 0. The molecule has 0 atom stereocenters. The van der Waals surface area contributed by atoms with E-state index in [0.29, 0.717) is 18.0 Å². The Bertz CT molecular complexity index is 839. The Morgan fingerprint density at radius 1 is 1.09 bits per heavy atom. The second kappa shape index (κ2) is 6.74. The van der Waals surface area contributed by atoms with Crippen molar-refractivity contribution in [3.8, 4) is 11.5 Å². The van der Waals surface area contributed by atoms with Gasteiger partial charge in [-0.25, -0.2) is 4.68 Å². The first-order valence-corrected chi connectivity index (χ1v) is 7.15. The fourth-order valence-electron chi connectivity index (χ4n) is 2.11. The molecule has 3 rings (SSSR count). The highest BCUT2D eigenvalue weighted by molar-refractivity contribution is 5.75. The Hall–Kier alpha value is -3.15. The number of nitrogens with one attached hydrogen (secondary N) is 1. The number of carbonyl (C=O) groups excluding carboxylic acids is 1. The normalized spacial score (nSPS) is 10.4. The lowest BCUT2D eigenvalue weighted by Crippen LogP contribution is -2.33. The third-order valence-electron chi connectivity index (χ3n) is 3.27. The zero-order chi connectivity index (χ0) is 16.1. The zero-order valence-corrected chi connectivity index (χ0v) is 12.3.